The number of hydrogen-bond acceptors (Lipinski definition) is 2. The van der Waals surface area contributed by atoms with E-state index in [0.717, 1.165) is 5.56 Å². The monoisotopic (exact) mass is 303 g/mol. The van der Waals surface area contributed by atoms with Crippen molar-refractivity contribution in [3.8, 4) is 0 Å². The molecule has 0 saturated carbocycles. The summed E-state index contributed by atoms with van der Waals surface area (Å²) in [7, 11) is 0. The zero-order chi connectivity index (χ0) is 13.2. The van der Waals surface area contributed by atoms with Gasteiger partial charge in [0.05, 0.1) is 5.69 Å². The molecule has 1 aromatic rings. The maximum absolute atomic E-state index is 13.5. The average molecular weight is 304 g/mol. The third kappa shape index (κ3) is 4.00. The molecule has 1 N–H and O–H groups in total. The summed E-state index contributed by atoms with van der Waals surface area (Å²) in [5.74, 6) is -0.506. The van der Waals surface area contributed by atoms with Crippen LogP contribution in [0.3, 0.4) is 0 Å². The van der Waals surface area contributed by atoms with Crippen LogP contribution in [0.15, 0.2) is 16.6 Å². The first-order valence-electron chi connectivity index (χ1n) is 5.15. The zero-order valence-corrected chi connectivity index (χ0v) is 11.8. The molecule has 0 fully saturated rings. The molecule has 0 heterocycles. The van der Waals surface area contributed by atoms with E-state index >= 15 is 0 Å². The molecule has 1 aromatic carbocycles. The van der Waals surface area contributed by atoms with Crippen molar-refractivity contribution in [3.63, 3.8) is 0 Å². The summed E-state index contributed by atoms with van der Waals surface area (Å²) in [6, 6.07) is 2.92. The number of ether oxygens (including phenoxy) is 1. The zero-order valence-electron chi connectivity index (χ0n) is 10.2. The van der Waals surface area contributed by atoms with Gasteiger partial charge in [-0.15, -0.1) is 0 Å². The standard InChI is InChI=1S/C12H15BrFNO2/c1-7-5-6-8(14)10(9(7)13)15-11(16)17-12(2,3)4/h5-6H,1-4H3,(H,15,16). The van der Waals surface area contributed by atoms with Crippen molar-refractivity contribution in [2.24, 2.45) is 0 Å². The van der Waals surface area contributed by atoms with E-state index < -0.39 is 17.5 Å². The molecule has 3 nitrogen and oxygen atoms in total. The highest BCUT2D eigenvalue weighted by Gasteiger charge is 2.19. The Morgan fingerprint density at radius 1 is 1.41 bits per heavy atom. The minimum atomic E-state index is -0.678. The van der Waals surface area contributed by atoms with E-state index in [1.807, 2.05) is 6.92 Å². The number of anilines is 1. The number of nitrogens with one attached hydrogen (secondary N) is 1. The van der Waals surface area contributed by atoms with Crippen molar-refractivity contribution in [2.75, 3.05) is 5.32 Å². The molecule has 0 radical (unpaired) electrons. The van der Waals surface area contributed by atoms with Crippen LogP contribution in [0, 0.1) is 12.7 Å². The molecule has 94 valence electrons. The number of carbonyl (C=O) groups is 1. The van der Waals surface area contributed by atoms with Gasteiger partial charge in [0.25, 0.3) is 0 Å². The molecule has 0 aliphatic heterocycles. The molecule has 0 aliphatic rings. The summed E-state index contributed by atoms with van der Waals surface area (Å²) in [6.45, 7) is 7.04. The smallest absolute Gasteiger partial charge is 0.412 e. The van der Waals surface area contributed by atoms with Gasteiger partial charge in [-0.1, -0.05) is 6.07 Å². The molecule has 17 heavy (non-hydrogen) atoms. The number of halogens is 2. The Morgan fingerprint density at radius 2 is 2.00 bits per heavy atom. The molecular formula is C12H15BrFNO2. The van der Waals surface area contributed by atoms with Gasteiger partial charge in [-0.3, -0.25) is 5.32 Å². The van der Waals surface area contributed by atoms with Crippen LogP contribution in [0.25, 0.3) is 0 Å². The lowest BCUT2D eigenvalue weighted by Crippen LogP contribution is -2.27. The molecule has 0 aliphatic carbocycles. The lowest BCUT2D eigenvalue weighted by molar-refractivity contribution is 0.0635. The lowest BCUT2D eigenvalue weighted by atomic mass is 10.2. The second kappa shape index (κ2) is 5.04. The predicted octanol–water partition coefficient (Wildman–Crippen LogP) is 4.24. The van der Waals surface area contributed by atoms with Gasteiger partial charge in [0, 0.05) is 4.47 Å². The molecule has 0 bridgehead atoms. The number of rotatable bonds is 1. The molecule has 1 rings (SSSR count). The van der Waals surface area contributed by atoms with E-state index in [1.165, 1.54) is 6.07 Å². The minimum Gasteiger partial charge on any atom is -0.444 e. The molecule has 0 spiro atoms. The summed E-state index contributed by atoms with van der Waals surface area (Å²) in [6.07, 6.45) is -0.678. The van der Waals surface area contributed by atoms with Crippen molar-refractivity contribution < 1.29 is 13.9 Å². The third-order valence-corrected chi connectivity index (χ3v) is 2.93. The van der Waals surface area contributed by atoms with Crippen LogP contribution < -0.4 is 5.32 Å². The van der Waals surface area contributed by atoms with Crippen molar-refractivity contribution >= 4 is 27.7 Å². The van der Waals surface area contributed by atoms with Gasteiger partial charge >= 0.3 is 6.09 Å². The molecule has 0 atom stereocenters. The van der Waals surface area contributed by atoms with Gasteiger partial charge < -0.3 is 4.74 Å². The molecule has 1 amide bonds. The topological polar surface area (TPSA) is 38.3 Å². The average Bonchev–Trinajstić information content (AvgIpc) is 2.16. The van der Waals surface area contributed by atoms with Gasteiger partial charge in [0.1, 0.15) is 11.4 Å². The van der Waals surface area contributed by atoms with Crippen molar-refractivity contribution in [3.05, 3.63) is 28.0 Å². The van der Waals surface area contributed by atoms with Gasteiger partial charge in [0.15, 0.2) is 0 Å². The molecule has 0 unspecified atom stereocenters. The normalized spacial score (nSPS) is 11.2. The first kappa shape index (κ1) is 14.0. The van der Waals surface area contributed by atoms with Crippen LogP contribution in [0.1, 0.15) is 26.3 Å². The Bertz CT molecular complexity index is 441. The van der Waals surface area contributed by atoms with Gasteiger partial charge in [-0.25, -0.2) is 9.18 Å². The third-order valence-electron chi connectivity index (χ3n) is 1.91. The highest BCUT2D eigenvalue weighted by atomic mass is 79.9. The van der Waals surface area contributed by atoms with E-state index in [4.69, 9.17) is 4.74 Å². The van der Waals surface area contributed by atoms with Gasteiger partial charge in [-0.05, 0) is 55.3 Å². The Labute approximate surface area is 108 Å². The van der Waals surface area contributed by atoms with Crippen LogP contribution in [0.5, 0.6) is 0 Å². The van der Waals surface area contributed by atoms with Crippen molar-refractivity contribution in [1.82, 2.24) is 0 Å². The van der Waals surface area contributed by atoms with Crippen LogP contribution in [0.4, 0.5) is 14.9 Å². The number of carbonyl (C=O) groups excluding carboxylic acids is 1. The molecule has 5 heteroatoms. The Hall–Kier alpha value is -1.10. The maximum Gasteiger partial charge on any atom is 0.412 e. The van der Waals surface area contributed by atoms with E-state index in [-0.39, 0.29) is 5.69 Å². The quantitative estimate of drug-likeness (QED) is 0.842. The van der Waals surface area contributed by atoms with E-state index in [1.54, 1.807) is 26.8 Å². The van der Waals surface area contributed by atoms with Crippen molar-refractivity contribution in [2.45, 2.75) is 33.3 Å². The van der Waals surface area contributed by atoms with Gasteiger partial charge in [0.2, 0.25) is 0 Å². The molecule has 0 aromatic heterocycles. The predicted molar refractivity (Wildman–Crippen MR) is 68.7 cm³/mol. The van der Waals surface area contributed by atoms with Crippen LogP contribution in [-0.4, -0.2) is 11.7 Å². The number of benzene rings is 1. The Morgan fingerprint density at radius 3 is 2.53 bits per heavy atom. The van der Waals surface area contributed by atoms with Crippen LogP contribution in [0.2, 0.25) is 0 Å². The number of amides is 1. The highest BCUT2D eigenvalue weighted by molar-refractivity contribution is 9.10. The molecule has 0 saturated heterocycles. The van der Waals surface area contributed by atoms with Gasteiger partial charge in [-0.2, -0.15) is 0 Å². The van der Waals surface area contributed by atoms with Crippen LogP contribution >= 0.6 is 15.9 Å². The number of aryl methyl sites for hydroxylation is 1. The summed E-state index contributed by atoms with van der Waals surface area (Å²) in [5, 5.41) is 2.39. The fourth-order valence-electron chi connectivity index (χ4n) is 1.18. The first-order valence-corrected chi connectivity index (χ1v) is 5.94. The summed E-state index contributed by atoms with van der Waals surface area (Å²) < 4.78 is 19.1. The largest absolute Gasteiger partial charge is 0.444 e. The minimum absolute atomic E-state index is 0.0965. The molecular weight excluding hydrogens is 289 g/mol. The van der Waals surface area contributed by atoms with E-state index in [9.17, 15) is 9.18 Å². The van der Waals surface area contributed by atoms with E-state index in [0.29, 0.717) is 4.47 Å². The van der Waals surface area contributed by atoms with Crippen LogP contribution in [-0.2, 0) is 4.74 Å². The second-order valence-corrected chi connectivity index (χ2v) is 5.47. The van der Waals surface area contributed by atoms with Crippen molar-refractivity contribution in [1.29, 1.82) is 0 Å². The Balaban J connectivity index is 2.89. The second-order valence-electron chi connectivity index (χ2n) is 4.68. The fourth-order valence-corrected chi connectivity index (χ4v) is 1.60. The first-order chi connectivity index (χ1) is 7.70. The summed E-state index contributed by atoms with van der Waals surface area (Å²) in [5.41, 5.74) is 0.313. The van der Waals surface area contributed by atoms with E-state index in [2.05, 4.69) is 21.2 Å². The summed E-state index contributed by atoms with van der Waals surface area (Å²) in [4.78, 5) is 11.5. The SMILES string of the molecule is Cc1ccc(F)c(NC(=O)OC(C)(C)C)c1Br. The maximum atomic E-state index is 13.5. The summed E-state index contributed by atoms with van der Waals surface area (Å²) >= 11 is 3.23. The highest BCUT2D eigenvalue weighted by Crippen LogP contribution is 2.29. The Kier molecular flexibility index (Phi) is 4.14. The lowest BCUT2D eigenvalue weighted by Gasteiger charge is -2.20. The number of hydrogen-bond donors (Lipinski definition) is 1. The fraction of sp³-hybridized carbons (Fsp3) is 0.417.